The van der Waals surface area contributed by atoms with Gasteiger partial charge in [0.15, 0.2) is 0 Å². The summed E-state index contributed by atoms with van der Waals surface area (Å²) >= 11 is 1.16. The summed E-state index contributed by atoms with van der Waals surface area (Å²) in [5, 5.41) is 10.1. The van der Waals surface area contributed by atoms with Gasteiger partial charge in [-0.3, -0.25) is 4.79 Å². The van der Waals surface area contributed by atoms with Gasteiger partial charge in [-0.2, -0.15) is 17.0 Å². The SMILES string of the molecule is CC1CCN(S(=O)(=O)N2CC(=O)N(c3cc(-c4ccccc4)sc3C(=O)O)C(C3CCCCC3)C2)CC1. The highest BCUT2D eigenvalue weighted by atomic mass is 32.2. The summed E-state index contributed by atoms with van der Waals surface area (Å²) in [5.41, 5.74) is 1.28. The molecule has 8 nitrogen and oxygen atoms in total. The summed E-state index contributed by atoms with van der Waals surface area (Å²) in [6.07, 6.45) is 6.64. The highest BCUT2D eigenvalue weighted by molar-refractivity contribution is 7.86. The molecule has 1 aliphatic carbocycles. The number of amides is 1. The van der Waals surface area contributed by atoms with E-state index in [4.69, 9.17) is 0 Å². The lowest BCUT2D eigenvalue weighted by molar-refractivity contribution is -0.121. The van der Waals surface area contributed by atoms with E-state index in [9.17, 15) is 23.1 Å². The molecule has 1 amide bonds. The average molecular weight is 546 g/mol. The van der Waals surface area contributed by atoms with Crippen molar-refractivity contribution in [1.82, 2.24) is 8.61 Å². The number of nitrogens with zero attached hydrogens (tertiary/aromatic N) is 3. The Labute approximate surface area is 223 Å². The second-order valence-corrected chi connectivity index (χ2v) is 13.6. The molecule has 0 spiro atoms. The van der Waals surface area contributed by atoms with Gasteiger partial charge in [0.25, 0.3) is 10.2 Å². The molecule has 3 heterocycles. The maximum Gasteiger partial charge on any atom is 0.348 e. The lowest BCUT2D eigenvalue weighted by Gasteiger charge is -2.46. The van der Waals surface area contributed by atoms with Crippen LogP contribution in [0.2, 0.25) is 0 Å². The topological polar surface area (TPSA) is 98.2 Å². The first kappa shape index (κ1) is 26.3. The van der Waals surface area contributed by atoms with Crippen molar-refractivity contribution in [2.75, 3.05) is 31.1 Å². The lowest BCUT2D eigenvalue weighted by atomic mass is 9.82. The van der Waals surface area contributed by atoms with Gasteiger partial charge in [-0.05, 0) is 49.1 Å². The van der Waals surface area contributed by atoms with Gasteiger partial charge < -0.3 is 10.0 Å². The number of benzene rings is 1. The standard InChI is InChI=1S/C27H35N3O5S2/c1-19-12-14-28(15-13-19)37(34,35)29-17-23(20-8-4-2-5-9-20)30(25(31)18-29)22-16-24(36-26(22)27(32)33)21-10-6-3-7-11-21/h3,6-7,10-11,16,19-20,23H,2,4-5,8-9,12-15,17-18H2,1H3,(H,32,33). The van der Waals surface area contributed by atoms with Gasteiger partial charge in [-0.1, -0.05) is 56.5 Å². The fraction of sp³-hybridized carbons (Fsp3) is 0.556. The monoisotopic (exact) mass is 545 g/mol. The van der Waals surface area contributed by atoms with Crippen LogP contribution in [0.1, 0.15) is 61.5 Å². The first-order valence-corrected chi connectivity index (χ1v) is 15.5. The zero-order chi connectivity index (χ0) is 26.2. The Bertz CT molecular complexity index is 1230. The number of carbonyl (C=O) groups excluding carboxylic acids is 1. The van der Waals surface area contributed by atoms with Crippen molar-refractivity contribution in [2.24, 2.45) is 11.8 Å². The minimum Gasteiger partial charge on any atom is -0.477 e. The van der Waals surface area contributed by atoms with E-state index in [1.807, 2.05) is 30.3 Å². The molecule has 10 heteroatoms. The van der Waals surface area contributed by atoms with Gasteiger partial charge in [-0.25, -0.2) is 4.79 Å². The molecule has 0 radical (unpaired) electrons. The molecular formula is C27H35N3O5S2. The minimum absolute atomic E-state index is 0.120. The zero-order valence-electron chi connectivity index (χ0n) is 21.2. The Morgan fingerprint density at radius 3 is 2.32 bits per heavy atom. The molecule has 2 aromatic rings. The minimum atomic E-state index is -3.78. The maximum absolute atomic E-state index is 13.8. The van der Waals surface area contributed by atoms with Gasteiger partial charge >= 0.3 is 5.97 Å². The number of thiophene rings is 1. The summed E-state index contributed by atoms with van der Waals surface area (Å²) in [6, 6.07) is 11.0. The van der Waals surface area contributed by atoms with Gasteiger partial charge in [0.05, 0.1) is 18.3 Å². The second-order valence-electron chi connectivity index (χ2n) is 10.6. The van der Waals surface area contributed by atoms with E-state index in [0.29, 0.717) is 24.7 Å². The van der Waals surface area contributed by atoms with E-state index in [0.717, 1.165) is 66.7 Å². The summed E-state index contributed by atoms with van der Waals surface area (Å²) < 4.78 is 30.1. The molecule has 1 aromatic carbocycles. The summed E-state index contributed by atoms with van der Waals surface area (Å²) in [6.45, 7) is 3.00. The van der Waals surface area contributed by atoms with Crippen LogP contribution >= 0.6 is 11.3 Å². The number of carboxylic acids is 1. The predicted octanol–water partition coefficient (Wildman–Crippen LogP) is 4.69. The van der Waals surface area contributed by atoms with Crippen LogP contribution in [0.4, 0.5) is 5.69 Å². The molecule has 1 aromatic heterocycles. The Morgan fingerprint density at radius 2 is 1.68 bits per heavy atom. The van der Waals surface area contributed by atoms with Gasteiger partial charge in [0, 0.05) is 24.5 Å². The highest BCUT2D eigenvalue weighted by Crippen LogP contribution is 2.42. The van der Waals surface area contributed by atoms with Crippen LogP contribution < -0.4 is 4.90 Å². The van der Waals surface area contributed by atoms with Gasteiger partial charge in [0.2, 0.25) is 5.91 Å². The van der Waals surface area contributed by atoms with Crippen molar-refractivity contribution in [3.05, 3.63) is 41.3 Å². The van der Waals surface area contributed by atoms with Crippen LogP contribution in [0.5, 0.6) is 0 Å². The third kappa shape index (κ3) is 5.34. The molecule has 1 atom stereocenters. The average Bonchev–Trinajstić information content (AvgIpc) is 3.35. The van der Waals surface area contributed by atoms with Crippen molar-refractivity contribution >= 4 is 39.1 Å². The van der Waals surface area contributed by atoms with E-state index in [2.05, 4.69) is 6.92 Å². The van der Waals surface area contributed by atoms with Crippen LogP contribution in [-0.2, 0) is 15.0 Å². The summed E-state index contributed by atoms with van der Waals surface area (Å²) in [5.74, 6) is -0.809. The molecular weight excluding hydrogens is 510 g/mol. The number of aromatic carboxylic acids is 1. The molecule has 3 aliphatic rings. The van der Waals surface area contributed by atoms with E-state index >= 15 is 0 Å². The first-order chi connectivity index (χ1) is 17.8. The molecule has 1 N–H and O–H groups in total. The molecule has 37 heavy (non-hydrogen) atoms. The Balaban J connectivity index is 1.51. The fourth-order valence-electron chi connectivity index (χ4n) is 5.97. The van der Waals surface area contributed by atoms with E-state index in [1.165, 1.54) is 8.61 Å². The quantitative estimate of drug-likeness (QED) is 0.568. The second kappa shape index (κ2) is 10.8. The van der Waals surface area contributed by atoms with Crippen LogP contribution in [0.25, 0.3) is 10.4 Å². The number of piperazine rings is 1. The third-order valence-corrected chi connectivity index (χ3v) is 11.2. The summed E-state index contributed by atoms with van der Waals surface area (Å²) in [4.78, 5) is 28.6. The fourth-order valence-corrected chi connectivity index (χ4v) is 8.58. The van der Waals surface area contributed by atoms with E-state index in [1.54, 1.807) is 11.0 Å². The number of anilines is 1. The molecule has 3 fully saturated rings. The molecule has 1 unspecified atom stereocenters. The lowest BCUT2D eigenvalue weighted by Crippen LogP contribution is -2.62. The van der Waals surface area contributed by atoms with E-state index in [-0.39, 0.29) is 29.8 Å². The number of hydrogen-bond donors (Lipinski definition) is 1. The van der Waals surface area contributed by atoms with Crippen molar-refractivity contribution in [3.63, 3.8) is 0 Å². The molecule has 0 bridgehead atoms. The van der Waals surface area contributed by atoms with Crippen molar-refractivity contribution in [2.45, 2.75) is 57.9 Å². The zero-order valence-corrected chi connectivity index (χ0v) is 22.8. The molecule has 5 rings (SSSR count). The first-order valence-electron chi connectivity index (χ1n) is 13.3. The molecule has 2 saturated heterocycles. The molecule has 200 valence electrons. The van der Waals surface area contributed by atoms with Crippen LogP contribution in [0.3, 0.4) is 0 Å². The van der Waals surface area contributed by atoms with Crippen molar-refractivity contribution in [1.29, 1.82) is 0 Å². The number of carbonyl (C=O) groups is 2. The van der Waals surface area contributed by atoms with Crippen LogP contribution in [-0.4, -0.2) is 66.2 Å². The normalized spacial score (nSPS) is 23.4. The summed E-state index contributed by atoms with van der Waals surface area (Å²) in [7, 11) is -3.78. The van der Waals surface area contributed by atoms with Crippen LogP contribution in [0.15, 0.2) is 36.4 Å². The Kier molecular flexibility index (Phi) is 7.72. The number of carboxylic acid groups (broad SMARTS) is 1. The number of hydrogen-bond acceptors (Lipinski definition) is 5. The maximum atomic E-state index is 13.8. The largest absolute Gasteiger partial charge is 0.477 e. The number of rotatable bonds is 6. The van der Waals surface area contributed by atoms with Gasteiger partial charge in [0.1, 0.15) is 4.88 Å². The van der Waals surface area contributed by atoms with Gasteiger partial charge in [-0.15, -0.1) is 11.3 Å². The van der Waals surface area contributed by atoms with Crippen LogP contribution in [0, 0.1) is 11.8 Å². The smallest absolute Gasteiger partial charge is 0.348 e. The van der Waals surface area contributed by atoms with Crippen molar-refractivity contribution in [3.8, 4) is 10.4 Å². The van der Waals surface area contributed by atoms with Crippen molar-refractivity contribution < 1.29 is 23.1 Å². The Morgan fingerprint density at radius 1 is 1.00 bits per heavy atom. The third-order valence-electron chi connectivity index (χ3n) is 8.12. The molecule has 2 aliphatic heterocycles. The Hall–Kier alpha value is -2.27. The number of piperidine rings is 1. The van der Waals surface area contributed by atoms with E-state index < -0.39 is 22.2 Å². The highest BCUT2D eigenvalue weighted by Gasteiger charge is 2.45. The predicted molar refractivity (Wildman–Crippen MR) is 145 cm³/mol. The molecule has 1 saturated carbocycles.